The fourth-order valence-corrected chi connectivity index (χ4v) is 2.60. The minimum Gasteiger partial charge on any atom is -0.371 e. The summed E-state index contributed by atoms with van der Waals surface area (Å²) >= 11 is 0. The molecule has 0 unspecified atom stereocenters. The Hall–Kier alpha value is -1.67. The maximum Gasteiger partial charge on any atom is 0.415 e. The Kier molecular flexibility index (Phi) is 5.02. The second kappa shape index (κ2) is 6.62. The number of non-ortho nitro benzene ring substituents is 1. The van der Waals surface area contributed by atoms with Crippen LogP contribution >= 0.6 is 0 Å². The number of nitrogens with zero attached hydrogens (tertiary/aromatic N) is 2. The predicted octanol–water partition coefficient (Wildman–Crippen LogP) is 2.57. The van der Waals surface area contributed by atoms with Crippen molar-refractivity contribution in [1.82, 2.24) is 4.90 Å². The molecule has 8 heteroatoms. The smallest absolute Gasteiger partial charge is 0.371 e. The largest absolute Gasteiger partial charge is 0.415 e. The molecule has 0 saturated carbocycles. The molecule has 0 fully saturated rings. The summed E-state index contributed by atoms with van der Waals surface area (Å²) in [6.45, 7) is 0.668. The van der Waals surface area contributed by atoms with Gasteiger partial charge in [0.25, 0.3) is 5.69 Å². The number of nitro groups is 1. The van der Waals surface area contributed by atoms with Crippen molar-refractivity contribution in [1.29, 1.82) is 0 Å². The van der Waals surface area contributed by atoms with Gasteiger partial charge in [-0.05, 0) is 24.0 Å². The number of ether oxygens (including phenoxy) is 1. The van der Waals surface area contributed by atoms with E-state index in [1.54, 1.807) is 11.0 Å². The highest BCUT2D eigenvalue weighted by atomic mass is 19.4. The average molecular weight is 318 g/mol. The van der Waals surface area contributed by atoms with Crippen LogP contribution in [-0.2, 0) is 17.6 Å². The molecule has 122 valence electrons. The number of benzene rings is 1. The lowest BCUT2D eigenvalue weighted by Gasteiger charge is -2.26. The molecule has 0 amide bonds. The molecule has 1 aliphatic rings. The molecule has 0 spiro atoms. The van der Waals surface area contributed by atoms with Gasteiger partial charge in [0, 0.05) is 38.9 Å². The van der Waals surface area contributed by atoms with Crippen LogP contribution in [0.5, 0.6) is 0 Å². The van der Waals surface area contributed by atoms with Crippen molar-refractivity contribution in [3.63, 3.8) is 0 Å². The summed E-state index contributed by atoms with van der Waals surface area (Å²) < 4.78 is 42.8. The van der Waals surface area contributed by atoms with Crippen LogP contribution < -0.4 is 0 Å². The van der Waals surface area contributed by atoms with Crippen molar-refractivity contribution in [2.24, 2.45) is 0 Å². The Bertz CT molecular complexity index is 549. The lowest BCUT2D eigenvalue weighted by atomic mass is 10.0. The molecule has 0 aromatic heterocycles. The fourth-order valence-electron chi connectivity index (χ4n) is 2.60. The molecule has 0 bridgehead atoms. The number of methoxy groups -OCH3 is 1. The zero-order chi connectivity index (χ0) is 16.3. The first-order valence-corrected chi connectivity index (χ1v) is 6.89. The minimum absolute atomic E-state index is 0.0114. The summed E-state index contributed by atoms with van der Waals surface area (Å²) in [4.78, 5) is 12.0. The van der Waals surface area contributed by atoms with Crippen molar-refractivity contribution >= 4 is 5.69 Å². The number of alkyl halides is 3. The lowest BCUT2D eigenvalue weighted by Crippen LogP contribution is -2.43. The molecule has 5 nitrogen and oxygen atoms in total. The standard InChI is InChI=1S/C14H17F3N2O3/c1-22-13(14(15,16)17)9-18-6-4-10-2-3-12(19(20)21)8-11(10)5-7-18/h2-3,8,13H,4-7,9H2,1H3/t13-/m0/s1. The number of fused-ring (bicyclic) bond motifs is 1. The third-order valence-corrected chi connectivity index (χ3v) is 3.87. The molecule has 1 aromatic carbocycles. The maximum atomic E-state index is 12.8. The molecule has 1 atom stereocenters. The van der Waals surface area contributed by atoms with Gasteiger partial charge in [0.05, 0.1) is 4.92 Å². The molecule has 0 radical (unpaired) electrons. The minimum atomic E-state index is -4.40. The van der Waals surface area contributed by atoms with E-state index in [1.165, 1.54) is 12.1 Å². The Morgan fingerprint density at radius 1 is 1.32 bits per heavy atom. The number of hydrogen-bond donors (Lipinski definition) is 0. The lowest BCUT2D eigenvalue weighted by molar-refractivity contribution is -0.384. The van der Waals surface area contributed by atoms with E-state index in [1.807, 2.05) is 0 Å². The highest BCUT2D eigenvalue weighted by Crippen LogP contribution is 2.25. The summed E-state index contributed by atoms with van der Waals surface area (Å²) in [5, 5.41) is 10.8. The van der Waals surface area contributed by atoms with Crippen molar-refractivity contribution in [3.8, 4) is 0 Å². The van der Waals surface area contributed by atoms with Crippen LogP contribution in [0.3, 0.4) is 0 Å². The van der Waals surface area contributed by atoms with Gasteiger partial charge in [0.2, 0.25) is 0 Å². The van der Waals surface area contributed by atoms with E-state index >= 15 is 0 Å². The van der Waals surface area contributed by atoms with Crippen LogP contribution in [0.1, 0.15) is 11.1 Å². The second-order valence-electron chi connectivity index (χ2n) is 5.28. The molecule has 2 rings (SSSR count). The van der Waals surface area contributed by atoms with Crippen LogP contribution in [0.15, 0.2) is 18.2 Å². The number of hydrogen-bond acceptors (Lipinski definition) is 4. The molecule has 1 heterocycles. The van der Waals surface area contributed by atoms with E-state index in [-0.39, 0.29) is 12.2 Å². The number of rotatable bonds is 4. The molecule has 1 aromatic rings. The molecule has 0 aliphatic carbocycles. The Morgan fingerprint density at radius 3 is 2.50 bits per heavy atom. The van der Waals surface area contributed by atoms with Crippen LogP contribution in [0.25, 0.3) is 0 Å². The van der Waals surface area contributed by atoms with Crippen LogP contribution in [0.4, 0.5) is 18.9 Å². The van der Waals surface area contributed by atoms with Crippen molar-refractivity contribution in [3.05, 3.63) is 39.4 Å². The average Bonchev–Trinajstić information content (AvgIpc) is 2.65. The first kappa shape index (κ1) is 16.7. The predicted molar refractivity (Wildman–Crippen MR) is 73.8 cm³/mol. The first-order chi connectivity index (χ1) is 10.3. The molecule has 0 saturated heterocycles. The van der Waals surface area contributed by atoms with E-state index < -0.39 is 17.2 Å². The van der Waals surface area contributed by atoms with E-state index in [4.69, 9.17) is 0 Å². The summed E-state index contributed by atoms with van der Waals surface area (Å²) in [5.41, 5.74) is 1.80. The normalized spacial score (nSPS) is 17.6. The summed E-state index contributed by atoms with van der Waals surface area (Å²) in [7, 11) is 1.05. The monoisotopic (exact) mass is 318 g/mol. The van der Waals surface area contributed by atoms with Crippen molar-refractivity contribution in [2.75, 3.05) is 26.7 Å². The Balaban J connectivity index is 2.06. The highest BCUT2D eigenvalue weighted by Gasteiger charge is 2.41. The van der Waals surface area contributed by atoms with Gasteiger partial charge in [-0.15, -0.1) is 0 Å². The molecular weight excluding hydrogens is 301 g/mol. The van der Waals surface area contributed by atoms with Gasteiger partial charge < -0.3 is 4.74 Å². The molecule has 0 N–H and O–H groups in total. The van der Waals surface area contributed by atoms with Crippen LogP contribution in [-0.4, -0.2) is 48.8 Å². The summed E-state index contributed by atoms with van der Waals surface area (Å²) in [6.07, 6.45) is -5.15. The number of nitro benzene ring substituents is 1. The molecule has 1 aliphatic heterocycles. The molecule has 22 heavy (non-hydrogen) atoms. The Labute approximate surface area is 125 Å². The third-order valence-electron chi connectivity index (χ3n) is 3.87. The van der Waals surface area contributed by atoms with Crippen molar-refractivity contribution in [2.45, 2.75) is 25.1 Å². The quantitative estimate of drug-likeness (QED) is 0.632. The van der Waals surface area contributed by atoms with Gasteiger partial charge in [-0.3, -0.25) is 15.0 Å². The van der Waals surface area contributed by atoms with Crippen LogP contribution in [0.2, 0.25) is 0 Å². The summed E-state index contributed by atoms with van der Waals surface area (Å²) in [5.74, 6) is 0. The maximum absolute atomic E-state index is 12.8. The first-order valence-electron chi connectivity index (χ1n) is 6.89. The third kappa shape index (κ3) is 3.95. The summed E-state index contributed by atoms with van der Waals surface area (Å²) in [6, 6.07) is 4.63. The topological polar surface area (TPSA) is 55.6 Å². The van der Waals surface area contributed by atoms with E-state index in [2.05, 4.69) is 4.74 Å². The zero-order valence-electron chi connectivity index (χ0n) is 12.1. The highest BCUT2D eigenvalue weighted by molar-refractivity contribution is 5.40. The van der Waals surface area contributed by atoms with Gasteiger partial charge in [0.1, 0.15) is 0 Å². The second-order valence-corrected chi connectivity index (χ2v) is 5.28. The fraction of sp³-hybridized carbons (Fsp3) is 0.571. The zero-order valence-corrected chi connectivity index (χ0v) is 12.1. The molecular formula is C14H17F3N2O3. The Morgan fingerprint density at radius 2 is 1.95 bits per heavy atom. The number of halogens is 3. The van der Waals surface area contributed by atoms with Gasteiger partial charge in [-0.25, -0.2) is 0 Å². The van der Waals surface area contributed by atoms with Gasteiger partial charge in [-0.1, -0.05) is 6.07 Å². The van der Waals surface area contributed by atoms with Gasteiger partial charge in [0.15, 0.2) is 6.10 Å². The van der Waals surface area contributed by atoms with E-state index in [9.17, 15) is 23.3 Å². The SMILES string of the molecule is CO[C@@H](CN1CCc2ccc([N+](=O)[O-])cc2CC1)C(F)(F)F. The van der Waals surface area contributed by atoms with Gasteiger partial charge in [-0.2, -0.15) is 13.2 Å². The van der Waals surface area contributed by atoms with Gasteiger partial charge >= 0.3 is 6.18 Å². The van der Waals surface area contributed by atoms with Crippen LogP contribution in [0, 0.1) is 10.1 Å². The van der Waals surface area contributed by atoms with Crippen molar-refractivity contribution < 1.29 is 22.8 Å². The van der Waals surface area contributed by atoms with E-state index in [0.29, 0.717) is 25.9 Å². The van der Waals surface area contributed by atoms with E-state index in [0.717, 1.165) is 18.2 Å².